The van der Waals surface area contributed by atoms with Crippen molar-refractivity contribution in [2.24, 2.45) is 0 Å². The minimum absolute atomic E-state index is 0.0269. The number of hydrogen-bond acceptors (Lipinski definition) is 11. The predicted molar refractivity (Wildman–Crippen MR) is 106 cm³/mol. The van der Waals surface area contributed by atoms with Gasteiger partial charge < -0.3 is 19.9 Å². The Bertz CT molecular complexity index is 1170. The lowest BCUT2D eigenvalue weighted by Crippen LogP contribution is -2.36. The molecule has 2 N–H and O–H groups in total. The van der Waals surface area contributed by atoms with Crippen molar-refractivity contribution in [3.8, 4) is 5.75 Å². The van der Waals surface area contributed by atoms with Crippen molar-refractivity contribution in [2.75, 3.05) is 19.7 Å². The number of nitro benzene ring substituents is 1. The van der Waals surface area contributed by atoms with Gasteiger partial charge in [0.15, 0.2) is 18.2 Å². The van der Waals surface area contributed by atoms with Crippen molar-refractivity contribution in [3.63, 3.8) is 0 Å². The van der Waals surface area contributed by atoms with Crippen LogP contribution in [0.5, 0.6) is 5.75 Å². The molecule has 1 aromatic carbocycles. The molecular formula is C17H16N8O8. The first-order valence-corrected chi connectivity index (χ1v) is 9.24. The zero-order valence-electron chi connectivity index (χ0n) is 16.7. The van der Waals surface area contributed by atoms with Gasteiger partial charge in [-0.05, 0) is 6.07 Å². The average Bonchev–Trinajstić information content (AvgIpc) is 3.45. The molecule has 0 bridgehead atoms. The molecule has 172 valence electrons. The number of hydrogen-bond donors (Lipinski definition) is 2. The van der Waals surface area contributed by atoms with E-state index in [-0.39, 0.29) is 48.5 Å². The van der Waals surface area contributed by atoms with Crippen molar-refractivity contribution in [2.45, 2.75) is 6.54 Å². The Balaban J connectivity index is 1.38. The Hall–Kier alpha value is -4.89. The van der Waals surface area contributed by atoms with Crippen LogP contribution in [0.15, 0.2) is 41.2 Å². The summed E-state index contributed by atoms with van der Waals surface area (Å²) in [6.45, 7) is -0.417. The van der Waals surface area contributed by atoms with Gasteiger partial charge in [-0.3, -0.25) is 34.5 Å². The number of nitro groups is 2. The summed E-state index contributed by atoms with van der Waals surface area (Å²) in [6.07, 6.45) is 2.24. The number of carbonyl (C=O) groups is 2. The van der Waals surface area contributed by atoms with Gasteiger partial charge in [0.1, 0.15) is 18.9 Å². The number of nitrogens with zero attached hydrogens (tertiary/aromatic N) is 6. The van der Waals surface area contributed by atoms with Gasteiger partial charge in [0.05, 0.1) is 9.85 Å². The van der Waals surface area contributed by atoms with Gasteiger partial charge in [0.25, 0.3) is 5.91 Å². The molecule has 0 saturated carbocycles. The highest BCUT2D eigenvalue weighted by Crippen LogP contribution is 2.25. The van der Waals surface area contributed by atoms with Gasteiger partial charge in [0, 0.05) is 19.2 Å². The summed E-state index contributed by atoms with van der Waals surface area (Å²) in [6, 6.07) is 5.64. The summed E-state index contributed by atoms with van der Waals surface area (Å²) < 4.78 is 11.2. The molecule has 2 amide bonds. The highest BCUT2D eigenvalue weighted by molar-refractivity contribution is 5.89. The smallest absolute Gasteiger partial charge is 0.316 e. The van der Waals surface area contributed by atoms with Crippen molar-refractivity contribution >= 4 is 23.2 Å². The van der Waals surface area contributed by atoms with Crippen LogP contribution in [-0.4, -0.2) is 61.3 Å². The number of aromatic nitrogens is 4. The highest BCUT2D eigenvalue weighted by Gasteiger charge is 2.17. The van der Waals surface area contributed by atoms with Gasteiger partial charge in [-0.15, -0.1) is 0 Å². The molecule has 3 aromatic rings. The third-order valence-electron chi connectivity index (χ3n) is 3.95. The molecule has 33 heavy (non-hydrogen) atoms. The number of para-hydroxylation sites is 2. The molecule has 0 fully saturated rings. The first-order chi connectivity index (χ1) is 15.8. The number of benzene rings is 1. The predicted octanol–water partition coefficient (Wildman–Crippen LogP) is 0.0558. The molecular weight excluding hydrogens is 444 g/mol. The fraction of sp³-hybridized carbons (Fsp3) is 0.235. The zero-order chi connectivity index (χ0) is 23.8. The van der Waals surface area contributed by atoms with Gasteiger partial charge in [-0.2, -0.15) is 10.1 Å². The molecule has 0 aliphatic carbocycles. The summed E-state index contributed by atoms with van der Waals surface area (Å²) in [5, 5.41) is 33.9. The molecule has 16 heteroatoms. The fourth-order valence-electron chi connectivity index (χ4n) is 2.47. The largest absolute Gasteiger partial charge is 0.477 e. The van der Waals surface area contributed by atoms with Crippen molar-refractivity contribution in [3.05, 3.63) is 68.6 Å². The molecule has 2 heterocycles. The Labute approximate surface area is 183 Å². The van der Waals surface area contributed by atoms with E-state index in [0.717, 1.165) is 6.20 Å². The third kappa shape index (κ3) is 6.29. The molecule has 0 saturated heterocycles. The van der Waals surface area contributed by atoms with Crippen LogP contribution in [0.4, 0.5) is 11.4 Å². The zero-order valence-corrected chi connectivity index (χ0v) is 16.7. The normalized spacial score (nSPS) is 10.4. The lowest BCUT2D eigenvalue weighted by Gasteiger charge is -2.08. The van der Waals surface area contributed by atoms with Gasteiger partial charge >= 0.3 is 23.2 Å². The monoisotopic (exact) mass is 460 g/mol. The van der Waals surface area contributed by atoms with Crippen molar-refractivity contribution < 1.29 is 28.7 Å². The standard InChI is InChI=1S/C17H16N8O8/c26-15(10-32-13-4-2-1-3-12(13)25(30)31)18-5-6-19-16(27)17-21-14(22-33-17)9-23-8-11(7-20-23)24(28)29/h1-4,7-8H,5-6,9-10H2,(H,18,26)(H,19,27). The molecule has 2 aromatic heterocycles. The second-order valence-electron chi connectivity index (χ2n) is 6.29. The van der Waals surface area contributed by atoms with Crippen LogP contribution in [-0.2, 0) is 11.3 Å². The molecule has 0 atom stereocenters. The maximum Gasteiger partial charge on any atom is 0.316 e. The second-order valence-corrected chi connectivity index (χ2v) is 6.29. The first kappa shape index (κ1) is 22.8. The Morgan fingerprint density at radius 3 is 2.61 bits per heavy atom. The van der Waals surface area contributed by atoms with Crippen LogP contribution in [0.2, 0.25) is 0 Å². The van der Waals surface area contributed by atoms with Gasteiger partial charge in [-0.25, -0.2) is 0 Å². The Kier molecular flexibility index (Phi) is 7.20. The molecule has 0 aliphatic rings. The average molecular weight is 460 g/mol. The van der Waals surface area contributed by atoms with E-state index in [2.05, 4.69) is 25.9 Å². The van der Waals surface area contributed by atoms with E-state index in [1.165, 1.54) is 35.1 Å². The molecule has 0 aliphatic heterocycles. The number of amides is 2. The lowest BCUT2D eigenvalue weighted by molar-refractivity contribution is -0.385. The van der Waals surface area contributed by atoms with Gasteiger partial charge in [-0.1, -0.05) is 17.3 Å². The van der Waals surface area contributed by atoms with E-state index in [4.69, 9.17) is 9.26 Å². The van der Waals surface area contributed by atoms with Crippen LogP contribution >= 0.6 is 0 Å². The van der Waals surface area contributed by atoms with Gasteiger partial charge in [0.2, 0.25) is 0 Å². The molecule has 0 radical (unpaired) electrons. The minimum atomic E-state index is -0.689. The molecule has 0 unspecified atom stereocenters. The van der Waals surface area contributed by atoms with E-state index in [9.17, 15) is 29.8 Å². The van der Waals surface area contributed by atoms with Crippen LogP contribution in [0.25, 0.3) is 0 Å². The maximum absolute atomic E-state index is 12.0. The summed E-state index contributed by atoms with van der Waals surface area (Å²) in [5.41, 5.74) is -0.465. The third-order valence-corrected chi connectivity index (χ3v) is 3.95. The van der Waals surface area contributed by atoms with E-state index >= 15 is 0 Å². The Morgan fingerprint density at radius 1 is 1.12 bits per heavy atom. The van der Waals surface area contributed by atoms with E-state index < -0.39 is 28.3 Å². The first-order valence-electron chi connectivity index (χ1n) is 9.24. The molecule has 0 spiro atoms. The quantitative estimate of drug-likeness (QED) is 0.222. The number of rotatable bonds is 11. The fourth-order valence-corrected chi connectivity index (χ4v) is 2.47. The second kappa shape index (κ2) is 10.4. The Morgan fingerprint density at radius 2 is 1.88 bits per heavy atom. The summed E-state index contributed by atoms with van der Waals surface area (Å²) in [7, 11) is 0. The summed E-state index contributed by atoms with van der Waals surface area (Å²) >= 11 is 0. The SMILES string of the molecule is O=C(COc1ccccc1[N+](=O)[O-])NCCNC(=O)c1nc(Cn2cc([N+](=O)[O-])cn2)no1. The van der Waals surface area contributed by atoms with Crippen LogP contribution in [0.3, 0.4) is 0 Å². The number of ether oxygens (including phenoxy) is 1. The maximum atomic E-state index is 12.0. The van der Waals surface area contributed by atoms with Crippen LogP contribution in [0, 0.1) is 20.2 Å². The van der Waals surface area contributed by atoms with Crippen LogP contribution in [0.1, 0.15) is 16.5 Å². The number of carbonyl (C=O) groups excluding carboxylic acids is 2. The summed E-state index contributed by atoms with van der Waals surface area (Å²) in [5.74, 6) is -1.53. The summed E-state index contributed by atoms with van der Waals surface area (Å²) in [4.78, 5) is 48.1. The van der Waals surface area contributed by atoms with Crippen LogP contribution < -0.4 is 15.4 Å². The minimum Gasteiger partial charge on any atom is -0.477 e. The van der Waals surface area contributed by atoms with E-state index in [1.807, 2.05) is 0 Å². The van der Waals surface area contributed by atoms with Crippen molar-refractivity contribution in [1.82, 2.24) is 30.6 Å². The topological polar surface area (TPSA) is 210 Å². The van der Waals surface area contributed by atoms with E-state index in [1.54, 1.807) is 0 Å². The van der Waals surface area contributed by atoms with E-state index in [0.29, 0.717) is 0 Å². The molecule has 3 rings (SSSR count). The highest BCUT2D eigenvalue weighted by atomic mass is 16.6. The lowest BCUT2D eigenvalue weighted by atomic mass is 10.3. The van der Waals surface area contributed by atoms with Crippen molar-refractivity contribution in [1.29, 1.82) is 0 Å². The number of nitrogens with one attached hydrogen (secondary N) is 2. The molecule has 16 nitrogen and oxygen atoms in total.